The second-order valence-electron chi connectivity index (χ2n) is 8.71. The second kappa shape index (κ2) is 8.81. The maximum absolute atomic E-state index is 9.41. The molecule has 0 bridgehead atoms. The van der Waals surface area contributed by atoms with Gasteiger partial charge in [0.25, 0.3) is 0 Å². The van der Waals surface area contributed by atoms with Crippen molar-refractivity contribution in [3.63, 3.8) is 0 Å². The van der Waals surface area contributed by atoms with Gasteiger partial charge in [-0.05, 0) is 73.2 Å². The third-order valence-electron chi connectivity index (χ3n) is 6.55. The van der Waals surface area contributed by atoms with Crippen LogP contribution in [-0.2, 0) is 0 Å². The van der Waals surface area contributed by atoms with Crippen molar-refractivity contribution in [1.82, 2.24) is 0 Å². The van der Waals surface area contributed by atoms with Gasteiger partial charge in [-0.25, -0.2) is 0 Å². The minimum atomic E-state index is -0.328. The quantitative estimate of drug-likeness (QED) is 0.497. The van der Waals surface area contributed by atoms with Crippen LogP contribution in [0.3, 0.4) is 0 Å². The third-order valence-corrected chi connectivity index (χ3v) is 6.55. The zero-order valence-electron chi connectivity index (χ0n) is 18.3. The molecule has 1 heterocycles. The number of benzene rings is 3. The van der Waals surface area contributed by atoms with Crippen LogP contribution in [0.4, 0.5) is 0 Å². The molecular formula is C28H24N3O2+. The van der Waals surface area contributed by atoms with Crippen molar-refractivity contribution >= 4 is 5.71 Å². The van der Waals surface area contributed by atoms with Gasteiger partial charge in [0.15, 0.2) is 5.26 Å². The molecule has 1 N–H and O–H groups in total. The highest BCUT2D eigenvalue weighted by Crippen LogP contribution is 2.43. The Balaban J connectivity index is 1.38. The molecule has 0 radical (unpaired) electrons. The molecule has 33 heavy (non-hydrogen) atoms. The Bertz CT molecular complexity index is 1280. The van der Waals surface area contributed by atoms with E-state index in [9.17, 15) is 10.5 Å². The molecule has 2 aliphatic rings. The van der Waals surface area contributed by atoms with Crippen LogP contribution < -0.4 is 14.5 Å². The lowest BCUT2D eigenvalue weighted by Gasteiger charge is -2.43. The highest BCUT2D eigenvalue weighted by Gasteiger charge is 2.44. The van der Waals surface area contributed by atoms with E-state index in [-0.39, 0.29) is 11.7 Å². The first-order valence-electron chi connectivity index (χ1n) is 11.2. The maximum Gasteiger partial charge on any atom is 0.456 e. The van der Waals surface area contributed by atoms with E-state index in [1.807, 2.05) is 66.7 Å². The molecular weight excluding hydrogens is 410 g/mol. The average molecular weight is 435 g/mol. The monoisotopic (exact) mass is 434 g/mol. The Labute approximate surface area is 193 Å². The van der Waals surface area contributed by atoms with E-state index in [2.05, 4.69) is 17.3 Å². The van der Waals surface area contributed by atoms with Crippen molar-refractivity contribution in [2.75, 3.05) is 0 Å². The van der Waals surface area contributed by atoms with Gasteiger partial charge in [0.2, 0.25) is 0 Å². The lowest BCUT2D eigenvalue weighted by Crippen LogP contribution is -2.69. The van der Waals surface area contributed by atoms with E-state index < -0.39 is 0 Å². The molecule has 0 unspecified atom stereocenters. The molecule has 0 saturated heterocycles. The molecule has 0 amide bonds. The first-order chi connectivity index (χ1) is 16.2. The number of fused-ring (bicyclic) bond motifs is 1. The fourth-order valence-corrected chi connectivity index (χ4v) is 4.87. The average Bonchev–Trinajstić information content (AvgIpc) is 2.86. The van der Waals surface area contributed by atoms with Crippen molar-refractivity contribution in [2.24, 2.45) is 0 Å². The minimum absolute atomic E-state index is 0.171. The van der Waals surface area contributed by atoms with Crippen molar-refractivity contribution in [3.05, 3.63) is 83.9 Å². The number of ether oxygens (including phenoxy) is 2. The SMILES string of the molecule is N#C[NH+]=C1CC2(CCC(Oc3ccccc3)CC2)Oc2ccc(-c3cccc(C#N)c3)cc21. The van der Waals surface area contributed by atoms with Crippen molar-refractivity contribution < 1.29 is 14.5 Å². The Morgan fingerprint density at radius 2 is 1.70 bits per heavy atom. The van der Waals surface area contributed by atoms with Gasteiger partial charge < -0.3 is 9.47 Å². The van der Waals surface area contributed by atoms with Crippen LogP contribution in [0.1, 0.15) is 43.2 Å². The molecule has 5 rings (SSSR count). The number of nitriles is 2. The lowest BCUT2D eigenvalue weighted by atomic mass is 9.77. The maximum atomic E-state index is 9.41. The highest BCUT2D eigenvalue weighted by molar-refractivity contribution is 6.01. The Morgan fingerprint density at radius 3 is 2.45 bits per heavy atom. The van der Waals surface area contributed by atoms with E-state index in [0.717, 1.165) is 59.6 Å². The van der Waals surface area contributed by atoms with Crippen LogP contribution >= 0.6 is 0 Å². The molecule has 1 fully saturated rings. The summed E-state index contributed by atoms with van der Waals surface area (Å²) in [6.45, 7) is 0. The molecule has 162 valence electrons. The van der Waals surface area contributed by atoms with Crippen molar-refractivity contribution in [1.29, 1.82) is 10.5 Å². The molecule has 5 nitrogen and oxygen atoms in total. The van der Waals surface area contributed by atoms with Crippen molar-refractivity contribution in [2.45, 2.75) is 43.8 Å². The second-order valence-corrected chi connectivity index (χ2v) is 8.71. The predicted molar refractivity (Wildman–Crippen MR) is 125 cm³/mol. The summed E-state index contributed by atoms with van der Waals surface area (Å²) < 4.78 is 12.8. The summed E-state index contributed by atoms with van der Waals surface area (Å²) in [7, 11) is 0. The number of rotatable bonds is 3. The molecule has 3 aromatic rings. The first kappa shape index (κ1) is 20.8. The van der Waals surface area contributed by atoms with Gasteiger partial charge in [0.05, 0.1) is 29.7 Å². The van der Waals surface area contributed by atoms with Crippen LogP contribution in [0.25, 0.3) is 11.1 Å². The number of nitrogens with one attached hydrogen (secondary N) is 1. The summed E-state index contributed by atoms with van der Waals surface area (Å²) in [6, 6.07) is 25.7. The van der Waals surface area contributed by atoms with E-state index in [4.69, 9.17) is 9.47 Å². The predicted octanol–water partition coefficient (Wildman–Crippen LogP) is 4.12. The third kappa shape index (κ3) is 4.31. The van der Waals surface area contributed by atoms with Crippen molar-refractivity contribution in [3.8, 4) is 34.9 Å². The molecule has 0 aromatic heterocycles. The summed E-state index contributed by atoms with van der Waals surface area (Å²) >= 11 is 0. The van der Waals surface area contributed by atoms with Crippen LogP contribution in [0.15, 0.2) is 72.8 Å². The topological polar surface area (TPSA) is 80.0 Å². The molecule has 1 aliphatic heterocycles. The zero-order valence-corrected chi connectivity index (χ0v) is 18.3. The fourth-order valence-electron chi connectivity index (χ4n) is 4.87. The normalized spacial score (nSPS) is 22.6. The van der Waals surface area contributed by atoms with Gasteiger partial charge >= 0.3 is 6.19 Å². The summed E-state index contributed by atoms with van der Waals surface area (Å²) in [4.78, 5) is 2.92. The van der Waals surface area contributed by atoms with Crippen LogP contribution in [0.2, 0.25) is 0 Å². The number of hydrogen-bond acceptors (Lipinski definition) is 4. The summed E-state index contributed by atoms with van der Waals surface area (Å²) in [5.74, 6) is 1.70. The van der Waals surface area contributed by atoms with Crippen LogP contribution in [-0.4, -0.2) is 17.4 Å². The molecule has 5 heteroatoms. The zero-order chi connectivity index (χ0) is 22.7. The van der Waals surface area contributed by atoms with Gasteiger partial charge in [0, 0.05) is 0 Å². The smallest absolute Gasteiger partial charge is 0.456 e. The Morgan fingerprint density at radius 1 is 0.909 bits per heavy atom. The minimum Gasteiger partial charge on any atom is -0.490 e. The number of para-hydroxylation sites is 1. The first-order valence-corrected chi connectivity index (χ1v) is 11.2. The number of hydrogen-bond donors (Lipinski definition) is 1. The number of nitrogens with zero attached hydrogens (tertiary/aromatic N) is 2. The lowest BCUT2D eigenvalue weighted by molar-refractivity contribution is -0.354. The van der Waals surface area contributed by atoms with Crippen LogP contribution in [0, 0.1) is 22.8 Å². The van der Waals surface area contributed by atoms with E-state index >= 15 is 0 Å². The summed E-state index contributed by atoms with van der Waals surface area (Å²) in [5, 5.41) is 18.6. The highest BCUT2D eigenvalue weighted by atomic mass is 16.5. The fraction of sp³-hybridized carbons (Fsp3) is 0.250. The van der Waals surface area contributed by atoms with Gasteiger partial charge in [-0.15, -0.1) is 0 Å². The Hall–Kier alpha value is -4.09. The standard InChI is InChI=1S/C28H23N3O2/c29-18-20-5-4-6-21(15-20)22-9-10-27-25(16-22)26(31-19-30)17-28(33-27)13-11-24(12-14-28)32-23-7-2-1-3-8-23/h1-10,15-16,24H,11-14,17H2/p+1. The van der Waals surface area contributed by atoms with E-state index in [1.54, 1.807) is 6.07 Å². The van der Waals surface area contributed by atoms with E-state index in [1.165, 1.54) is 0 Å². The molecule has 1 saturated carbocycles. The molecule has 1 aliphatic carbocycles. The van der Waals surface area contributed by atoms with E-state index in [0.29, 0.717) is 12.0 Å². The molecule has 1 spiro atoms. The molecule has 3 aromatic carbocycles. The molecule has 0 atom stereocenters. The summed E-state index contributed by atoms with van der Waals surface area (Å²) in [5.41, 5.74) is 4.04. The van der Waals surface area contributed by atoms with Crippen LogP contribution in [0.5, 0.6) is 11.5 Å². The van der Waals surface area contributed by atoms with Gasteiger partial charge in [-0.2, -0.15) is 10.3 Å². The van der Waals surface area contributed by atoms with Gasteiger partial charge in [-0.3, -0.25) is 0 Å². The summed E-state index contributed by atoms with van der Waals surface area (Å²) in [6.07, 6.45) is 6.49. The van der Waals surface area contributed by atoms with Gasteiger partial charge in [0.1, 0.15) is 22.8 Å². The van der Waals surface area contributed by atoms with Gasteiger partial charge in [-0.1, -0.05) is 36.4 Å². The largest absolute Gasteiger partial charge is 0.490 e. The Kier molecular flexibility index (Phi) is 5.55.